The van der Waals surface area contributed by atoms with Crippen molar-refractivity contribution in [1.29, 1.82) is 0 Å². The number of aromatic nitrogens is 2. The topological polar surface area (TPSA) is 87.5 Å². The number of nitrogens with one attached hydrogen (secondary N) is 1. The first-order chi connectivity index (χ1) is 13.9. The molecule has 29 heavy (non-hydrogen) atoms. The van der Waals surface area contributed by atoms with Crippen molar-refractivity contribution < 1.29 is 18.7 Å². The number of fused-ring (bicyclic) bond motifs is 1. The van der Waals surface area contributed by atoms with Gasteiger partial charge in [0.25, 0.3) is 0 Å². The van der Waals surface area contributed by atoms with Crippen molar-refractivity contribution in [2.75, 3.05) is 24.5 Å². The summed E-state index contributed by atoms with van der Waals surface area (Å²) in [6, 6.07) is 1.57. The predicted octanol–water partition coefficient (Wildman–Crippen LogP) is 2.09. The largest absolute Gasteiger partial charge is 0.477 e. The van der Waals surface area contributed by atoms with Crippen LogP contribution in [0.4, 0.5) is 14.6 Å². The number of carboxylic acid groups (broad SMARTS) is 1. The highest BCUT2D eigenvalue weighted by molar-refractivity contribution is 5.92. The molecule has 1 saturated heterocycles. The zero-order chi connectivity index (χ0) is 20.3. The molecule has 3 aliphatic rings. The number of halogens is 2. The number of rotatable bonds is 6. The second kappa shape index (κ2) is 6.76. The lowest BCUT2D eigenvalue weighted by atomic mass is 10.1. The third kappa shape index (κ3) is 3.37. The van der Waals surface area contributed by atoms with Crippen LogP contribution in [-0.4, -0.2) is 52.5 Å². The molecule has 0 amide bonds. The Morgan fingerprint density at radius 1 is 1.28 bits per heavy atom. The quantitative estimate of drug-likeness (QED) is 0.767. The van der Waals surface area contributed by atoms with Crippen LogP contribution in [0.1, 0.15) is 42.1 Å². The van der Waals surface area contributed by atoms with Gasteiger partial charge in [-0.2, -0.15) is 0 Å². The zero-order valence-electron chi connectivity index (χ0n) is 15.8. The Labute approximate surface area is 165 Å². The van der Waals surface area contributed by atoms with Crippen LogP contribution < -0.4 is 15.6 Å². The number of carboxylic acids is 1. The van der Waals surface area contributed by atoms with Crippen LogP contribution in [0.2, 0.25) is 0 Å². The van der Waals surface area contributed by atoms with Crippen LogP contribution in [0, 0.1) is 11.7 Å². The fourth-order valence-corrected chi connectivity index (χ4v) is 4.05. The van der Waals surface area contributed by atoms with Gasteiger partial charge in [0.05, 0.1) is 11.9 Å². The molecule has 0 bridgehead atoms. The van der Waals surface area contributed by atoms with Gasteiger partial charge in [-0.25, -0.2) is 18.6 Å². The van der Waals surface area contributed by atoms with E-state index in [4.69, 9.17) is 0 Å². The number of hydrogen-bond acceptors (Lipinski definition) is 5. The molecule has 7 nitrogen and oxygen atoms in total. The van der Waals surface area contributed by atoms with E-state index < -0.39 is 29.0 Å². The Bertz CT molecular complexity index is 1050. The maximum atomic E-state index is 14.9. The smallest absolute Gasteiger partial charge is 0.341 e. The van der Waals surface area contributed by atoms with E-state index in [1.54, 1.807) is 9.47 Å². The van der Waals surface area contributed by atoms with Gasteiger partial charge in [0.15, 0.2) is 11.6 Å². The highest BCUT2D eigenvalue weighted by Gasteiger charge is 2.36. The molecule has 1 aliphatic heterocycles. The number of alkyl halides is 1. The second-order valence-electron chi connectivity index (χ2n) is 8.34. The molecule has 2 aromatic rings. The number of nitrogens with zero attached hydrogens (tertiary/aromatic N) is 3. The standard InChI is InChI=1S/C20H22F2N4O3/c21-15-5-13-17(27)14(20(28)29)8-26(12-3-4-12)18(13)24-19(15)25-7-10(16(22)9-25)6-23-11-1-2-11/h5,8,10-12,16,23H,1-4,6-7,9H2,(H,28,29)/t10-,16-/m1/s1. The summed E-state index contributed by atoms with van der Waals surface area (Å²) in [5.74, 6) is -2.30. The molecular formula is C20H22F2N4O3. The first-order valence-electron chi connectivity index (χ1n) is 10.0. The van der Waals surface area contributed by atoms with Crippen molar-refractivity contribution in [3.05, 3.63) is 33.9 Å². The van der Waals surface area contributed by atoms with Gasteiger partial charge < -0.3 is 19.9 Å². The van der Waals surface area contributed by atoms with Gasteiger partial charge in [0.2, 0.25) is 5.43 Å². The summed E-state index contributed by atoms with van der Waals surface area (Å²) in [7, 11) is 0. The number of aromatic carboxylic acids is 1. The molecule has 3 heterocycles. The van der Waals surface area contributed by atoms with E-state index in [0.717, 1.165) is 31.7 Å². The molecule has 9 heteroatoms. The Kier molecular flexibility index (Phi) is 4.31. The van der Waals surface area contributed by atoms with E-state index in [1.807, 2.05) is 0 Å². The minimum atomic E-state index is -1.35. The van der Waals surface area contributed by atoms with Crippen molar-refractivity contribution in [2.45, 2.75) is 43.9 Å². The average Bonchev–Trinajstić information content (AvgIpc) is 3.59. The van der Waals surface area contributed by atoms with Crippen LogP contribution in [0.15, 0.2) is 17.1 Å². The first-order valence-corrected chi connectivity index (χ1v) is 10.0. The maximum absolute atomic E-state index is 14.9. The lowest BCUT2D eigenvalue weighted by molar-refractivity contribution is 0.0695. The first kappa shape index (κ1) is 18.5. The minimum absolute atomic E-state index is 0.0194. The fourth-order valence-electron chi connectivity index (χ4n) is 4.05. The lowest BCUT2D eigenvalue weighted by Gasteiger charge is -2.20. The summed E-state index contributed by atoms with van der Waals surface area (Å²) >= 11 is 0. The van der Waals surface area contributed by atoms with Crippen LogP contribution in [0.3, 0.4) is 0 Å². The van der Waals surface area contributed by atoms with Gasteiger partial charge >= 0.3 is 5.97 Å². The molecule has 2 aliphatic carbocycles. The second-order valence-corrected chi connectivity index (χ2v) is 8.34. The van der Waals surface area contributed by atoms with Gasteiger partial charge in [-0.05, 0) is 31.7 Å². The molecule has 2 atom stereocenters. The number of hydrogen-bond donors (Lipinski definition) is 2. The number of pyridine rings is 2. The molecule has 0 aromatic carbocycles. The minimum Gasteiger partial charge on any atom is -0.477 e. The van der Waals surface area contributed by atoms with Crippen molar-refractivity contribution in [2.24, 2.45) is 5.92 Å². The van der Waals surface area contributed by atoms with Gasteiger partial charge in [-0.15, -0.1) is 0 Å². The van der Waals surface area contributed by atoms with Crippen molar-refractivity contribution in [3.8, 4) is 0 Å². The molecule has 2 N–H and O–H groups in total. The number of carbonyl (C=O) groups is 1. The normalized spacial score (nSPS) is 24.4. The third-order valence-corrected chi connectivity index (χ3v) is 6.02. The number of anilines is 1. The van der Waals surface area contributed by atoms with Crippen molar-refractivity contribution in [3.63, 3.8) is 0 Å². The van der Waals surface area contributed by atoms with Crippen LogP contribution in [0.25, 0.3) is 11.0 Å². The van der Waals surface area contributed by atoms with Gasteiger partial charge in [0, 0.05) is 37.3 Å². The fraction of sp³-hybridized carbons (Fsp3) is 0.550. The molecular weight excluding hydrogens is 382 g/mol. The molecule has 0 unspecified atom stereocenters. The molecule has 0 radical (unpaired) electrons. The van der Waals surface area contributed by atoms with Crippen LogP contribution in [0.5, 0.6) is 0 Å². The Balaban J connectivity index is 1.52. The van der Waals surface area contributed by atoms with Gasteiger partial charge in [-0.1, -0.05) is 0 Å². The molecule has 3 fully saturated rings. The summed E-state index contributed by atoms with van der Waals surface area (Å²) in [5.41, 5.74) is -0.887. The molecule has 5 rings (SSSR count). The highest BCUT2D eigenvalue weighted by Crippen LogP contribution is 2.37. The Morgan fingerprint density at radius 2 is 2.03 bits per heavy atom. The maximum Gasteiger partial charge on any atom is 0.341 e. The lowest BCUT2D eigenvalue weighted by Crippen LogP contribution is -2.30. The average molecular weight is 404 g/mol. The summed E-state index contributed by atoms with van der Waals surface area (Å²) in [4.78, 5) is 29.9. The molecule has 2 aromatic heterocycles. The van der Waals surface area contributed by atoms with E-state index in [1.165, 1.54) is 6.20 Å². The van der Waals surface area contributed by atoms with E-state index in [0.29, 0.717) is 19.1 Å². The molecule has 2 saturated carbocycles. The molecule has 154 valence electrons. The van der Waals surface area contributed by atoms with Crippen molar-refractivity contribution >= 4 is 22.8 Å². The molecule has 0 spiro atoms. The zero-order valence-corrected chi connectivity index (χ0v) is 15.8. The summed E-state index contributed by atoms with van der Waals surface area (Å²) < 4.78 is 31.0. The van der Waals surface area contributed by atoms with E-state index in [9.17, 15) is 23.5 Å². The highest BCUT2D eigenvalue weighted by atomic mass is 19.1. The third-order valence-electron chi connectivity index (χ3n) is 6.02. The summed E-state index contributed by atoms with van der Waals surface area (Å²) in [6.07, 6.45) is 4.13. The Hall–Kier alpha value is -2.55. The summed E-state index contributed by atoms with van der Waals surface area (Å²) in [5, 5.41) is 12.6. The monoisotopic (exact) mass is 404 g/mol. The predicted molar refractivity (Wildman–Crippen MR) is 103 cm³/mol. The van der Waals surface area contributed by atoms with Gasteiger partial charge in [0.1, 0.15) is 17.4 Å². The van der Waals surface area contributed by atoms with E-state index in [-0.39, 0.29) is 35.4 Å². The van der Waals surface area contributed by atoms with Crippen LogP contribution in [-0.2, 0) is 0 Å². The van der Waals surface area contributed by atoms with E-state index in [2.05, 4.69) is 10.3 Å². The van der Waals surface area contributed by atoms with Gasteiger partial charge in [-0.3, -0.25) is 4.79 Å². The van der Waals surface area contributed by atoms with E-state index >= 15 is 0 Å². The van der Waals surface area contributed by atoms with Crippen molar-refractivity contribution in [1.82, 2.24) is 14.9 Å². The van der Waals surface area contributed by atoms with Crippen LogP contribution >= 0.6 is 0 Å². The summed E-state index contributed by atoms with van der Waals surface area (Å²) in [6.45, 7) is 0.941. The SMILES string of the molecule is O=C(O)c1cn(C2CC2)c2nc(N3C[C@@H](CNC4CC4)[C@H](F)C3)c(F)cc2c1=O. The Morgan fingerprint density at radius 3 is 2.69 bits per heavy atom.